The molecule has 0 bridgehead atoms. The van der Waals surface area contributed by atoms with Gasteiger partial charge >= 0.3 is 18.2 Å². The molecular formula is C16H19F3N2O4. The van der Waals surface area contributed by atoms with Gasteiger partial charge in [0.2, 0.25) is 0 Å². The summed E-state index contributed by atoms with van der Waals surface area (Å²) in [6, 6.07) is 5.37. The van der Waals surface area contributed by atoms with Crippen LogP contribution in [-0.2, 0) is 9.53 Å². The van der Waals surface area contributed by atoms with Crippen molar-refractivity contribution in [1.29, 1.82) is 0 Å². The summed E-state index contributed by atoms with van der Waals surface area (Å²) in [5.74, 6) is -3.30. The molecule has 6 nitrogen and oxygen atoms in total. The van der Waals surface area contributed by atoms with Crippen LogP contribution in [0.3, 0.4) is 0 Å². The van der Waals surface area contributed by atoms with Crippen molar-refractivity contribution in [2.75, 3.05) is 20.7 Å². The number of ether oxygens (including phenoxy) is 1. The van der Waals surface area contributed by atoms with Gasteiger partial charge in [0.25, 0.3) is 5.72 Å². The standard InChI is InChI=1S/C16H19F3N2O4/c1-4-25-13(22)11-12(10-8-6-5-7-9-10)20(2)14(23)21(3)15(11,24)16(17,18)19/h5-9,11-12,24H,4H2,1-3H3/t11-,12-,15-/m0/s1. The molecule has 0 aliphatic carbocycles. The minimum absolute atomic E-state index is 0.133. The third-order valence-corrected chi connectivity index (χ3v) is 4.37. The van der Waals surface area contributed by atoms with Crippen LogP contribution in [0.15, 0.2) is 30.3 Å². The van der Waals surface area contributed by atoms with Crippen LogP contribution in [0.25, 0.3) is 0 Å². The highest BCUT2D eigenvalue weighted by molar-refractivity contribution is 5.83. The number of carbonyl (C=O) groups excluding carboxylic acids is 2. The van der Waals surface area contributed by atoms with Crippen molar-refractivity contribution in [2.45, 2.75) is 24.9 Å². The van der Waals surface area contributed by atoms with Crippen molar-refractivity contribution >= 4 is 12.0 Å². The van der Waals surface area contributed by atoms with Gasteiger partial charge < -0.3 is 14.7 Å². The van der Waals surface area contributed by atoms with E-state index in [-0.39, 0.29) is 17.1 Å². The van der Waals surface area contributed by atoms with Crippen LogP contribution >= 0.6 is 0 Å². The number of esters is 1. The first-order chi connectivity index (χ1) is 11.6. The Bertz CT molecular complexity index is 653. The Labute approximate surface area is 142 Å². The van der Waals surface area contributed by atoms with E-state index in [0.717, 1.165) is 11.9 Å². The molecular weight excluding hydrogens is 341 g/mol. The number of alkyl halides is 3. The van der Waals surface area contributed by atoms with E-state index in [4.69, 9.17) is 4.74 Å². The smallest absolute Gasteiger partial charge is 0.437 e. The first-order valence-electron chi connectivity index (χ1n) is 7.58. The molecule has 9 heteroatoms. The van der Waals surface area contributed by atoms with Crippen molar-refractivity contribution in [3.8, 4) is 0 Å². The first-order valence-corrected chi connectivity index (χ1v) is 7.58. The van der Waals surface area contributed by atoms with Gasteiger partial charge in [-0.2, -0.15) is 13.2 Å². The number of aliphatic hydroxyl groups is 1. The number of carbonyl (C=O) groups is 2. The van der Waals surface area contributed by atoms with Gasteiger partial charge in [-0.3, -0.25) is 9.69 Å². The van der Waals surface area contributed by atoms with Crippen molar-refractivity contribution in [3.05, 3.63) is 35.9 Å². The second kappa shape index (κ2) is 6.55. The maximum atomic E-state index is 13.7. The van der Waals surface area contributed by atoms with Crippen LogP contribution in [-0.4, -0.2) is 59.5 Å². The van der Waals surface area contributed by atoms with Crippen molar-refractivity contribution in [3.63, 3.8) is 0 Å². The van der Waals surface area contributed by atoms with Gasteiger partial charge in [-0.25, -0.2) is 4.79 Å². The summed E-state index contributed by atoms with van der Waals surface area (Å²) in [4.78, 5) is 25.9. The lowest BCUT2D eigenvalue weighted by Gasteiger charge is -2.52. The number of urea groups is 1. The van der Waals surface area contributed by atoms with E-state index in [1.54, 1.807) is 18.2 Å². The number of rotatable bonds is 3. The number of nitrogens with zero attached hydrogens (tertiary/aromatic N) is 2. The summed E-state index contributed by atoms with van der Waals surface area (Å²) < 4.78 is 46.0. The third-order valence-electron chi connectivity index (χ3n) is 4.37. The Morgan fingerprint density at radius 3 is 2.32 bits per heavy atom. The molecule has 0 spiro atoms. The lowest BCUT2D eigenvalue weighted by molar-refractivity contribution is -0.334. The Hall–Kier alpha value is -2.29. The fraction of sp³-hybridized carbons (Fsp3) is 0.500. The first kappa shape index (κ1) is 19.0. The summed E-state index contributed by atoms with van der Waals surface area (Å²) in [7, 11) is 2.08. The maximum Gasteiger partial charge on any atom is 0.437 e. The van der Waals surface area contributed by atoms with Gasteiger partial charge in [0.15, 0.2) is 0 Å². The normalized spacial score (nSPS) is 27.4. The van der Waals surface area contributed by atoms with Gasteiger partial charge in [-0.05, 0) is 12.5 Å². The molecule has 1 saturated heterocycles. The van der Waals surface area contributed by atoms with E-state index in [0.29, 0.717) is 0 Å². The van der Waals surface area contributed by atoms with Crippen LogP contribution in [0.5, 0.6) is 0 Å². The topological polar surface area (TPSA) is 70.1 Å². The quantitative estimate of drug-likeness (QED) is 0.839. The van der Waals surface area contributed by atoms with Crippen LogP contribution in [0.2, 0.25) is 0 Å². The molecule has 2 amide bonds. The van der Waals surface area contributed by atoms with Gasteiger partial charge in [0.1, 0.15) is 5.92 Å². The molecule has 1 aliphatic heterocycles. The molecule has 138 valence electrons. The van der Waals surface area contributed by atoms with E-state index >= 15 is 0 Å². The number of halogens is 3. The second-order valence-corrected chi connectivity index (χ2v) is 5.76. The molecule has 3 atom stereocenters. The summed E-state index contributed by atoms with van der Waals surface area (Å²) >= 11 is 0. The van der Waals surface area contributed by atoms with E-state index in [1.165, 1.54) is 26.1 Å². The van der Waals surface area contributed by atoms with Crippen molar-refractivity contribution in [2.24, 2.45) is 5.92 Å². The Morgan fingerprint density at radius 2 is 1.84 bits per heavy atom. The van der Waals surface area contributed by atoms with Gasteiger partial charge in [0.05, 0.1) is 12.6 Å². The zero-order valence-electron chi connectivity index (χ0n) is 13.9. The fourth-order valence-electron chi connectivity index (χ4n) is 3.11. The number of hydrogen-bond acceptors (Lipinski definition) is 4. The molecule has 1 heterocycles. The largest absolute Gasteiger partial charge is 0.466 e. The highest BCUT2D eigenvalue weighted by Gasteiger charge is 2.70. The van der Waals surface area contributed by atoms with Gasteiger partial charge in [-0.1, -0.05) is 30.3 Å². The Kier molecular flexibility index (Phi) is 4.99. The maximum absolute atomic E-state index is 13.7. The number of amides is 2. The minimum Gasteiger partial charge on any atom is -0.466 e. The number of hydrogen-bond donors (Lipinski definition) is 1. The monoisotopic (exact) mass is 360 g/mol. The van der Waals surface area contributed by atoms with Crippen LogP contribution < -0.4 is 0 Å². The van der Waals surface area contributed by atoms with E-state index in [1.807, 2.05) is 0 Å². The fourth-order valence-corrected chi connectivity index (χ4v) is 3.11. The van der Waals surface area contributed by atoms with Crippen LogP contribution in [0.4, 0.5) is 18.0 Å². The molecule has 0 saturated carbocycles. The summed E-state index contributed by atoms with van der Waals surface area (Å²) in [6.07, 6.45) is -5.26. The predicted octanol–water partition coefficient (Wildman–Crippen LogP) is 2.16. The second-order valence-electron chi connectivity index (χ2n) is 5.76. The third kappa shape index (κ3) is 2.92. The van der Waals surface area contributed by atoms with E-state index in [2.05, 4.69) is 0 Å². The lowest BCUT2D eigenvalue weighted by atomic mass is 9.80. The highest BCUT2D eigenvalue weighted by atomic mass is 19.4. The van der Waals surface area contributed by atoms with Crippen LogP contribution in [0, 0.1) is 5.92 Å². The predicted molar refractivity (Wildman–Crippen MR) is 81.2 cm³/mol. The molecule has 0 radical (unpaired) electrons. The molecule has 1 aromatic rings. The average Bonchev–Trinajstić information content (AvgIpc) is 2.55. The zero-order valence-corrected chi connectivity index (χ0v) is 13.9. The van der Waals surface area contributed by atoms with Gasteiger partial charge in [0, 0.05) is 14.1 Å². The molecule has 0 unspecified atom stereocenters. The minimum atomic E-state index is -5.26. The molecule has 25 heavy (non-hydrogen) atoms. The average molecular weight is 360 g/mol. The highest BCUT2D eigenvalue weighted by Crippen LogP contribution is 2.49. The molecule has 2 rings (SSSR count). The van der Waals surface area contributed by atoms with Crippen LogP contribution in [0.1, 0.15) is 18.5 Å². The molecule has 1 fully saturated rings. The summed E-state index contributed by atoms with van der Waals surface area (Å²) in [5, 5.41) is 10.5. The SMILES string of the molecule is CCOC(=O)[C@@H]1[C@H](c2ccccc2)N(C)C(=O)N(C)[C@@]1(O)C(F)(F)F. The van der Waals surface area contributed by atoms with Crippen molar-refractivity contribution in [1.82, 2.24) is 9.80 Å². The van der Waals surface area contributed by atoms with E-state index < -0.39 is 35.9 Å². The lowest BCUT2D eigenvalue weighted by Crippen LogP contribution is -2.73. The number of benzene rings is 1. The van der Waals surface area contributed by atoms with Gasteiger partial charge in [-0.15, -0.1) is 0 Å². The molecule has 1 N–H and O–H groups in total. The Balaban J connectivity index is 2.70. The molecule has 1 aromatic carbocycles. The zero-order chi connectivity index (χ0) is 19.0. The van der Waals surface area contributed by atoms with Crippen molar-refractivity contribution < 1.29 is 32.6 Å². The Morgan fingerprint density at radius 1 is 1.28 bits per heavy atom. The summed E-state index contributed by atoms with van der Waals surface area (Å²) in [5.41, 5.74) is -3.41. The molecule has 0 aromatic heterocycles. The summed E-state index contributed by atoms with van der Waals surface area (Å²) in [6.45, 7) is 1.29. The van der Waals surface area contributed by atoms with E-state index in [9.17, 15) is 27.9 Å². The molecule has 1 aliphatic rings.